The second-order valence-electron chi connectivity index (χ2n) is 11.3. The number of halogens is 16. The predicted molar refractivity (Wildman–Crippen MR) is 152 cm³/mol. The van der Waals surface area contributed by atoms with Crippen LogP contribution >= 0.6 is 0 Å². The minimum Gasteiger partial charge on any atom is -0.336 e. The lowest BCUT2D eigenvalue weighted by Crippen LogP contribution is -3.04. The standard InChI is InChI=1S/C24H4BF16.C9H13N/c26-5-1-9(30)17(34)21(38)13(5)25(14-6(27)2-10(31)18(35)22(14)39,15-7(28)3-11(32)19(36)23(15)40)16-8(29)4-12(33)20(37)24(16)41;1-10(2)8-9-6-4-3-5-7-9/h1-4H;3-7H,8H2,1-2H3/q-1;/p+1. The molecule has 5 rings (SSSR count). The molecule has 0 saturated carbocycles. The number of benzene rings is 5. The summed E-state index contributed by atoms with van der Waals surface area (Å²) in [5, 5.41) is 0. The summed E-state index contributed by atoms with van der Waals surface area (Å²) in [6.07, 6.45) is -6.18. The van der Waals surface area contributed by atoms with Gasteiger partial charge in [0.1, 0.15) is 36.0 Å². The molecule has 5 aromatic rings. The molecule has 0 aliphatic rings. The fourth-order valence-corrected chi connectivity index (χ4v) is 5.78. The van der Waals surface area contributed by atoms with Crippen molar-refractivity contribution in [2.45, 2.75) is 6.54 Å². The third kappa shape index (κ3) is 6.75. The van der Waals surface area contributed by atoms with E-state index in [2.05, 4.69) is 44.4 Å². The number of hydrogen-bond donors (Lipinski definition) is 1. The average Bonchev–Trinajstić information content (AvgIpc) is 3.04. The number of hydrogen-bond acceptors (Lipinski definition) is 0. The number of quaternary nitrogens is 1. The van der Waals surface area contributed by atoms with Crippen LogP contribution in [0, 0.1) is 93.1 Å². The highest BCUT2D eigenvalue weighted by Gasteiger charge is 2.49. The second-order valence-corrected chi connectivity index (χ2v) is 11.3. The van der Waals surface area contributed by atoms with E-state index in [9.17, 15) is 35.1 Å². The lowest BCUT2D eigenvalue weighted by Gasteiger charge is -2.44. The van der Waals surface area contributed by atoms with E-state index in [1.807, 2.05) is 0 Å². The van der Waals surface area contributed by atoms with Crippen LogP contribution in [0.1, 0.15) is 5.56 Å². The van der Waals surface area contributed by atoms with Crippen molar-refractivity contribution >= 4 is 28.0 Å². The molecule has 0 bridgehead atoms. The highest BCUT2D eigenvalue weighted by atomic mass is 19.2. The molecule has 0 unspecified atom stereocenters. The highest BCUT2D eigenvalue weighted by molar-refractivity contribution is 7.20. The van der Waals surface area contributed by atoms with E-state index in [0.717, 1.165) is 6.54 Å². The van der Waals surface area contributed by atoms with Crippen LogP contribution < -0.4 is 26.8 Å². The maximum atomic E-state index is 15.3. The summed E-state index contributed by atoms with van der Waals surface area (Å²) in [5.74, 6) is -45.1. The van der Waals surface area contributed by atoms with E-state index in [0.29, 0.717) is 0 Å². The van der Waals surface area contributed by atoms with Gasteiger partial charge in [0.25, 0.3) is 0 Å². The van der Waals surface area contributed by atoms with Gasteiger partial charge in [-0.05, 0) is 0 Å². The maximum Gasteiger partial charge on any atom is 0.191 e. The third-order valence-electron chi connectivity index (χ3n) is 7.73. The minimum atomic E-state index is -6.18. The smallest absolute Gasteiger partial charge is 0.191 e. The normalized spacial score (nSPS) is 11.6. The first-order chi connectivity index (χ1) is 23.8. The highest BCUT2D eigenvalue weighted by Crippen LogP contribution is 2.27. The van der Waals surface area contributed by atoms with Crippen molar-refractivity contribution in [3.63, 3.8) is 0 Å². The molecule has 1 nitrogen and oxygen atoms in total. The van der Waals surface area contributed by atoms with Gasteiger partial charge in [0.2, 0.25) is 0 Å². The van der Waals surface area contributed by atoms with Gasteiger partial charge in [-0.25, -0.2) is 70.2 Å². The molecule has 0 radical (unpaired) electrons. The van der Waals surface area contributed by atoms with Gasteiger partial charge in [-0.3, -0.25) is 0 Å². The van der Waals surface area contributed by atoms with Gasteiger partial charge in [-0.15, -0.1) is 21.9 Å². The molecular weight excluding hydrogens is 725 g/mol. The lowest BCUT2D eigenvalue weighted by molar-refractivity contribution is -0.872. The Morgan fingerprint density at radius 2 is 0.627 bits per heavy atom. The van der Waals surface area contributed by atoms with Crippen molar-refractivity contribution in [2.75, 3.05) is 14.1 Å². The molecule has 18 heteroatoms. The van der Waals surface area contributed by atoms with Crippen molar-refractivity contribution in [3.05, 3.63) is 153 Å². The van der Waals surface area contributed by atoms with Gasteiger partial charge in [0.05, 0.1) is 37.4 Å². The summed E-state index contributed by atoms with van der Waals surface area (Å²) in [5.41, 5.74) is -9.54. The Hall–Kier alpha value is -5.00. The van der Waals surface area contributed by atoms with Crippen LogP contribution in [0.2, 0.25) is 0 Å². The molecule has 270 valence electrons. The van der Waals surface area contributed by atoms with Crippen LogP contribution in [0.5, 0.6) is 0 Å². The largest absolute Gasteiger partial charge is 0.336 e. The fraction of sp³-hybridized carbons (Fsp3) is 0.0909. The molecule has 0 atom stereocenters. The van der Waals surface area contributed by atoms with Gasteiger partial charge in [-0.2, -0.15) is 0 Å². The van der Waals surface area contributed by atoms with Gasteiger partial charge in [-0.1, -0.05) is 30.3 Å². The molecule has 0 saturated heterocycles. The van der Waals surface area contributed by atoms with Crippen LogP contribution in [0.15, 0.2) is 54.6 Å². The topological polar surface area (TPSA) is 4.44 Å². The van der Waals surface area contributed by atoms with Gasteiger partial charge < -0.3 is 4.90 Å². The molecule has 0 aliphatic heterocycles. The Bertz CT molecular complexity index is 1880. The third-order valence-corrected chi connectivity index (χ3v) is 7.73. The summed E-state index contributed by atoms with van der Waals surface area (Å²) < 4.78 is 235. The molecule has 51 heavy (non-hydrogen) atoms. The Kier molecular flexibility index (Phi) is 11.2. The van der Waals surface area contributed by atoms with E-state index >= 15 is 35.1 Å². The predicted octanol–water partition coefficient (Wildman–Crippen LogP) is 5.62. The first kappa shape index (κ1) is 38.8. The van der Waals surface area contributed by atoms with Crippen LogP contribution in [0.4, 0.5) is 70.2 Å². The van der Waals surface area contributed by atoms with E-state index in [1.54, 1.807) is 0 Å². The van der Waals surface area contributed by atoms with Crippen molar-refractivity contribution < 1.29 is 75.1 Å². The Morgan fingerprint density at radius 1 is 0.373 bits per heavy atom. The van der Waals surface area contributed by atoms with Crippen molar-refractivity contribution in [2.24, 2.45) is 0 Å². The summed E-state index contributed by atoms with van der Waals surface area (Å²) in [6, 6.07) is 7.61. The van der Waals surface area contributed by atoms with E-state index in [4.69, 9.17) is 0 Å². The zero-order valence-electron chi connectivity index (χ0n) is 25.5. The lowest BCUT2D eigenvalue weighted by atomic mass is 9.12. The van der Waals surface area contributed by atoms with Crippen LogP contribution in [-0.4, -0.2) is 20.2 Å². The minimum absolute atomic E-state index is 0.731. The zero-order chi connectivity index (χ0) is 38.3. The molecule has 0 fully saturated rings. The average molecular weight is 743 g/mol. The molecular formula is C33H18BF16N. The van der Waals surface area contributed by atoms with Gasteiger partial charge >= 0.3 is 0 Å². The van der Waals surface area contributed by atoms with Gasteiger partial charge in [0.15, 0.2) is 46.5 Å². The first-order valence-electron chi connectivity index (χ1n) is 14.1. The van der Waals surface area contributed by atoms with Crippen molar-refractivity contribution in [3.8, 4) is 0 Å². The molecule has 0 aromatic heterocycles. The Balaban J connectivity index is 0.000000502. The van der Waals surface area contributed by atoms with Crippen LogP contribution in [0.3, 0.4) is 0 Å². The molecule has 1 N–H and O–H groups in total. The SMILES string of the molecule is C[NH+](C)Cc1ccccc1.Fc1cc(F)c([B-](c2c(F)cc(F)c(F)c2F)(c2c(F)cc(F)c(F)c2F)c2c(F)cc(F)c(F)c2F)c(F)c1F. The molecule has 0 heterocycles. The zero-order valence-corrected chi connectivity index (χ0v) is 25.5. The van der Waals surface area contributed by atoms with E-state index in [-0.39, 0.29) is 0 Å². The summed E-state index contributed by atoms with van der Waals surface area (Å²) in [6.45, 7) is 1.11. The van der Waals surface area contributed by atoms with Gasteiger partial charge in [0, 0.05) is 29.8 Å². The number of rotatable bonds is 6. The Morgan fingerprint density at radius 3 is 0.863 bits per heavy atom. The van der Waals surface area contributed by atoms with Crippen molar-refractivity contribution in [1.82, 2.24) is 0 Å². The van der Waals surface area contributed by atoms with Crippen LogP contribution in [-0.2, 0) is 6.54 Å². The molecule has 0 spiro atoms. The van der Waals surface area contributed by atoms with E-state index in [1.165, 1.54) is 10.5 Å². The summed E-state index contributed by atoms with van der Waals surface area (Å²) >= 11 is 0. The first-order valence-corrected chi connectivity index (χ1v) is 14.1. The monoisotopic (exact) mass is 743 g/mol. The van der Waals surface area contributed by atoms with Crippen LogP contribution in [0.25, 0.3) is 0 Å². The summed E-state index contributed by atoms with van der Waals surface area (Å²) in [7, 11) is 4.32. The maximum absolute atomic E-state index is 15.3. The number of nitrogens with one attached hydrogen (secondary N) is 1. The quantitative estimate of drug-likeness (QED) is 0.0999. The molecule has 0 aliphatic carbocycles. The second kappa shape index (κ2) is 14.7. The van der Waals surface area contributed by atoms with Crippen molar-refractivity contribution in [1.29, 1.82) is 0 Å². The fourth-order valence-electron chi connectivity index (χ4n) is 5.78. The molecule has 5 aromatic carbocycles. The Labute approximate surface area is 277 Å². The summed E-state index contributed by atoms with van der Waals surface area (Å²) in [4.78, 5) is 1.46. The van der Waals surface area contributed by atoms with E-state index < -0.39 is 145 Å². The molecule has 0 amide bonds.